The molecule has 8 heteroatoms. The second-order valence-corrected chi connectivity index (χ2v) is 7.51. The van der Waals surface area contributed by atoms with Crippen LogP contribution in [0.2, 0.25) is 0 Å². The number of anilines is 1. The average Bonchev–Trinajstić information content (AvgIpc) is 3.47. The zero-order valence-electron chi connectivity index (χ0n) is 15.6. The fourth-order valence-electron chi connectivity index (χ4n) is 3.32. The molecular formula is C21H17N5O2S. The van der Waals surface area contributed by atoms with Gasteiger partial charge < -0.3 is 4.74 Å². The molecule has 4 heterocycles. The summed E-state index contributed by atoms with van der Waals surface area (Å²) >= 11 is 1.40. The molecule has 1 aromatic carbocycles. The van der Waals surface area contributed by atoms with Gasteiger partial charge in [-0.05, 0) is 42.8 Å². The largest absolute Gasteiger partial charge is 0.493 e. The highest BCUT2D eigenvalue weighted by atomic mass is 32.1. The summed E-state index contributed by atoms with van der Waals surface area (Å²) < 4.78 is 7.20. The molecule has 1 aliphatic heterocycles. The maximum Gasteiger partial charge on any atom is 0.260 e. The summed E-state index contributed by atoms with van der Waals surface area (Å²) in [5, 5.41) is 9.67. The Morgan fingerprint density at radius 2 is 2.21 bits per heavy atom. The van der Waals surface area contributed by atoms with Crippen LogP contribution in [-0.4, -0.2) is 32.3 Å². The summed E-state index contributed by atoms with van der Waals surface area (Å²) in [6, 6.07) is 11.6. The van der Waals surface area contributed by atoms with Crippen molar-refractivity contribution in [3.05, 3.63) is 71.0 Å². The number of pyridine rings is 1. The maximum atomic E-state index is 12.7. The summed E-state index contributed by atoms with van der Waals surface area (Å²) in [7, 11) is 0. The van der Waals surface area contributed by atoms with E-state index in [0.29, 0.717) is 16.5 Å². The standard InChI is InChI=1S/C21H17N5O2S/c1-13-16(11-23-26(13)19-4-2-3-8-22-19)20(27)25-21-24-17(12-29-21)14-5-6-18-15(10-14)7-9-28-18/h2-6,8,10-12H,7,9H2,1H3,(H,24,25,27). The highest BCUT2D eigenvalue weighted by Gasteiger charge is 2.18. The van der Waals surface area contributed by atoms with Crippen molar-refractivity contribution in [3.8, 4) is 22.8 Å². The van der Waals surface area contributed by atoms with Crippen LogP contribution in [0, 0.1) is 6.92 Å². The number of hydrogen-bond donors (Lipinski definition) is 1. The van der Waals surface area contributed by atoms with E-state index in [-0.39, 0.29) is 5.91 Å². The molecule has 144 valence electrons. The van der Waals surface area contributed by atoms with Crippen molar-refractivity contribution >= 4 is 22.4 Å². The molecule has 29 heavy (non-hydrogen) atoms. The zero-order chi connectivity index (χ0) is 19.8. The van der Waals surface area contributed by atoms with E-state index in [1.165, 1.54) is 16.9 Å². The minimum atomic E-state index is -0.243. The summed E-state index contributed by atoms with van der Waals surface area (Å²) in [5.41, 5.74) is 4.25. The van der Waals surface area contributed by atoms with E-state index in [1.54, 1.807) is 17.1 Å². The molecule has 0 fully saturated rings. The summed E-state index contributed by atoms with van der Waals surface area (Å²) in [4.78, 5) is 21.6. The van der Waals surface area contributed by atoms with Crippen LogP contribution >= 0.6 is 11.3 Å². The van der Waals surface area contributed by atoms with Crippen molar-refractivity contribution in [3.63, 3.8) is 0 Å². The van der Waals surface area contributed by atoms with Gasteiger partial charge in [-0.1, -0.05) is 6.07 Å². The number of thiazole rings is 1. The average molecular weight is 403 g/mol. The van der Waals surface area contributed by atoms with Crippen molar-refractivity contribution in [2.75, 3.05) is 11.9 Å². The van der Waals surface area contributed by atoms with Crippen molar-refractivity contribution in [1.82, 2.24) is 19.7 Å². The molecule has 3 aromatic heterocycles. The first-order valence-electron chi connectivity index (χ1n) is 9.18. The van der Waals surface area contributed by atoms with Crippen molar-refractivity contribution in [2.24, 2.45) is 0 Å². The maximum absolute atomic E-state index is 12.7. The normalized spacial score (nSPS) is 12.4. The third-order valence-electron chi connectivity index (χ3n) is 4.83. The molecule has 0 saturated carbocycles. The second-order valence-electron chi connectivity index (χ2n) is 6.66. The third kappa shape index (κ3) is 3.27. The van der Waals surface area contributed by atoms with Gasteiger partial charge in [-0.2, -0.15) is 5.10 Å². The molecule has 0 saturated heterocycles. The second kappa shape index (κ2) is 7.14. The highest BCUT2D eigenvalue weighted by Crippen LogP contribution is 2.32. The van der Waals surface area contributed by atoms with Gasteiger partial charge in [0.15, 0.2) is 10.9 Å². The molecule has 4 aromatic rings. The molecule has 0 aliphatic carbocycles. The molecule has 5 rings (SSSR count). The number of ether oxygens (including phenoxy) is 1. The molecule has 1 N–H and O–H groups in total. The minimum absolute atomic E-state index is 0.243. The molecule has 7 nitrogen and oxygen atoms in total. The first-order chi connectivity index (χ1) is 14.2. The number of hydrogen-bond acceptors (Lipinski definition) is 6. The number of carbonyl (C=O) groups is 1. The predicted octanol–water partition coefficient (Wildman–Crippen LogP) is 3.89. The molecule has 0 bridgehead atoms. The van der Waals surface area contributed by atoms with E-state index >= 15 is 0 Å². The SMILES string of the molecule is Cc1c(C(=O)Nc2nc(-c3ccc4c(c3)CCO4)cs2)cnn1-c1ccccn1. The number of fused-ring (bicyclic) bond motifs is 1. The lowest BCUT2D eigenvalue weighted by Gasteiger charge is -2.04. The fraction of sp³-hybridized carbons (Fsp3) is 0.143. The van der Waals surface area contributed by atoms with Crippen molar-refractivity contribution in [2.45, 2.75) is 13.3 Å². The van der Waals surface area contributed by atoms with Crippen LogP contribution in [0.4, 0.5) is 5.13 Å². The Bertz CT molecular complexity index is 1200. The van der Waals surface area contributed by atoms with E-state index in [4.69, 9.17) is 4.74 Å². The molecule has 1 aliphatic rings. The van der Waals surface area contributed by atoms with Gasteiger partial charge in [0.2, 0.25) is 0 Å². The Hall–Kier alpha value is -3.52. The van der Waals surface area contributed by atoms with Crippen molar-refractivity contribution in [1.29, 1.82) is 0 Å². The lowest BCUT2D eigenvalue weighted by molar-refractivity contribution is 0.102. The van der Waals surface area contributed by atoms with Gasteiger partial charge in [0.1, 0.15) is 5.75 Å². The fourth-order valence-corrected chi connectivity index (χ4v) is 4.03. The third-order valence-corrected chi connectivity index (χ3v) is 5.59. The van der Waals surface area contributed by atoms with Gasteiger partial charge in [0.25, 0.3) is 5.91 Å². The van der Waals surface area contributed by atoms with Gasteiger partial charge in [0.05, 0.1) is 29.8 Å². The van der Waals surface area contributed by atoms with E-state index in [1.807, 2.05) is 42.6 Å². The number of nitrogens with zero attached hydrogens (tertiary/aromatic N) is 4. The van der Waals surface area contributed by atoms with Gasteiger partial charge >= 0.3 is 0 Å². The monoisotopic (exact) mass is 403 g/mol. The van der Waals surface area contributed by atoms with Crippen LogP contribution in [0.3, 0.4) is 0 Å². The van der Waals surface area contributed by atoms with Crippen LogP contribution in [0.1, 0.15) is 21.6 Å². The lowest BCUT2D eigenvalue weighted by Crippen LogP contribution is -2.13. The number of amides is 1. The van der Waals surface area contributed by atoms with Crippen LogP contribution in [0.25, 0.3) is 17.1 Å². The number of aromatic nitrogens is 4. The number of carbonyl (C=O) groups excluding carboxylic acids is 1. The summed E-state index contributed by atoms with van der Waals surface area (Å²) in [6.07, 6.45) is 4.16. The molecule has 0 unspecified atom stereocenters. The van der Waals surface area contributed by atoms with E-state index in [0.717, 1.165) is 35.7 Å². The van der Waals surface area contributed by atoms with Crippen LogP contribution < -0.4 is 10.1 Å². The summed E-state index contributed by atoms with van der Waals surface area (Å²) in [6.45, 7) is 2.57. The Kier molecular flexibility index (Phi) is 4.33. The summed E-state index contributed by atoms with van der Waals surface area (Å²) in [5.74, 6) is 1.37. The molecule has 1 amide bonds. The molecular weight excluding hydrogens is 386 g/mol. The van der Waals surface area contributed by atoms with E-state index in [9.17, 15) is 4.79 Å². The first-order valence-corrected chi connectivity index (χ1v) is 10.1. The number of rotatable bonds is 4. The molecule has 0 radical (unpaired) electrons. The van der Waals surface area contributed by atoms with Crippen molar-refractivity contribution < 1.29 is 9.53 Å². The zero-order valence-corrected chi connectivity index (χ0v) is 16.4. The topological polar surface area (TPSA) is 81.9 Å². The first kappa shape index (κ1) is 17.6. The predicted molar refractivity (Wildman–Crippen MR) is 111 cm³/mol. The van der Waals surface area contributed by atoms with Crippen LogP contribution in [0.5, 0.6) is 5.75 Å². The minimum Gasteiger partial charge on any atom is -0.493 e. The van der Waals surface area contributed by atoms with Crippen LogP contribution in [0.15, 0.2) is 54.2 Å². The van der Waals surface area contributed by atoms with E-state index < -0.39 is 0 Å². The Morgan fingerprint density at radius 3 is 3.07 bits per heavy atom. The Morgan fingerprint density at radius 1 is 1.28 bits per heavy atom. The lowest BCUT2D eigenvalue weighted by atomic mass is 10.1. The highest BCUT2D eigenvalue weighted by molar-refractivity contribution is 7.14. The Balaban J connectivity index is 1.35. The molecule has 0 spiro atoms. The quantitative estimate of drug-likeness (QED) is 0.559. The van der Waals surface area contributed by atoms with Gasteiger partial charge in [-0.25, -0.2) is 14.6 Å². The van der Waals surface area contributed by atoms with Gasteiger partial charge in [-0.15, -0.1) is 11.3 Å². The van der Waals surface area contributed by atoms with Gasteiger partial charge in [0, 0.05) is 23.6 Å². The Labute approximate surface area is 171 Å². The number of benzene rings is 1. The van der Waals surface area contributed by atoms with Crippen LogP contribution in [-0.2, 0) is 6.42 Å². The molecule has 0 atom stereocenters. The van der Waals surface area contributed by atoms with E-state index in [2.05, 4.69) is 26.4 Å². The smallest absolute Gasteiger partial charge is 0.260 e. The van der Waals surface area contributed by atoms with Gasteiger partial charge in [-0.3, -0.25) is 10.1 Å². The number of nitrogens with one attached hydrogen (secondary N) is 1.